The summed E-state index contributed by atoms with van der Waals surface area (Å²) in [6.45, 7) is 6.71. The largest absolute Gasteiger partial charge is 0.506 e. The number of hydrogen-bond acceptors (Lipinski definition) is 10. The molecule has 1 amide bonds. The Labute approximate surface area is 256 Å². The number of phenols is 1. The summed E-state index contributed by atoms with van der Waals surface area (Å²) < 4.78 is 6.90. The van der Waals surface area contributed by atoms with Gasteiger partial charge >= 0.3 is 4.87 Å². The lowest BCUT2D eigenvalue weighted by atomic mass is 9.89. The van der Waals surface area contributed by atoms with Crippen molar-refractivity contribution in [3.8, 4) is 5.75 Å². The van der Waals surface area contributed by atoms with Crippen LogP contribution in [0.5, 0.6) is 5.75 Å². The van der Waals surface area contributed by atoms with E-state index >= 15 is 0 Å². The number of aliphatic hydroxyl groups excluding tert-OH is 1. The van der Waals surface area contributed by atoms with E-state index in [1.54, 1.807) is 6.07 Å². The number of ether oxygens (including phenoxy) is 1. The van der Waals surface area contributed by atoms with E-state index in [4.69, 9.17) is 4.74 Å². The van der Waals surface area contributed by atoms with Crippen molar-refractivity contribution in [2.24, 2.45) is 0 Å². The normalized spacial score (nSPS) is 18.2. The number of aromatic amines is 1. The van der Waals surface area contributed by atoms with E-state index in [0.717, 1.165) is 68.1 Å². The van der Waals surface area contributed by atoms with Crippen LogP contribution in [-0.4, -0.2) is 80.8 Å². The van der Waals surface area contributed by atoms with Gasteiger partial charge in [0.05, 0.1) is 34.6 Å². The van der Waals surface area contributed by atoms with Crippen molar-refractivity contribution in [2.45, 2.75) is 57.2 Å². The van der Waals surface area contributed by atoms with Crippen LogP contribution in [-0.2, 0) is 17.6 Å². The molecule has 5 heterocycles. The van der Waals surface area contributed by atoms with Crippen LogP contribution >= 0.6 is 34.0 Å². The number of likely N-dealkylation sites (tertiary alicyclic amines) is 1. The number of morpholine rings is 1. The van der Waals surface area contributed by atoms with Gasteiger partial charge in [-0.05, 0) is 63.6 Å². The number of H-pyrrole nitrogens is 1. The second kappa shape index (κ2) is 12.6. The highest BCUT2D eigenvalue weighted by molar-refractivity contribution is 7.16. The molecular formula is C30H36N4O5S3. The molecular weight excluding hydrogens is 593 g/mol. The molecule has 1 aromatic carbocycles. The first-order valence-electron chi connectivity index (χ1n) is 14.5. The Morgan fingerprint density at radius 2 is 1.93 bits per heavy atom. The third-order valence-corrected chi connectivity index (χ3v) is 11.3. The molecule has 3 N–H and O–H groups in total. The summed E-state index contributed by atoms with van der Waals surface area (Å²) in [5.41, 5.74) is 1.39. The number of nitrogens with zero attached hydrogens (tertiary/aromatic N) is 3. The third-order valence-electron chi connectivity index (χ3n) is 8.38. The van der Waals surface area contributed by atoms with Crippen LogP contribution in [0.15, 0.2) is 34.4 Å². The number of thiazole rings is 2. The van der Waals surface area contributed by atoms with Crippen LogP contribution in [0.2, 0.25) is 0 Å². The summed E-state index contributed by atoms with van der Waals surface area (Å²) in [7, 11) is 0. The highest BCUT2D eigenvalue weighted by Gasteiger charge is 2.41. The first-order valence-corrected chi connectivity index (χ1v) is 17.0. The number of amides is 1. The molecule has 3 aromatic heterocycles. The Kier molecular flexibility index (Phi) is 8.80. The van der Waals surface area contributed by atoms with Gasteiger partial charge in [-0.1, -0.05) is 17.4 Å². The summed E-state index contributed by atoms with van der Waals surface area (Å²) in [4.78, 5) is 38.6. The summed E-state index contributed by atoms with van der Waals surface area (Å²) in [5, 5.41) is 23.6. The zero-order valence-corrected chi connectivity index (χ0v) is 26.1. The van der Waals surface area contributed by atoms with E-state index < -0.39 is 6.10 Å². The van der Waals surface area contributed by atoms with Crippen molar-refractivity contribution in [2.75, 3.05) is 39.3 Å². The number of fused-ring (bicyclic) bond motifs is 1. The molecule has 9 nitrogen and oxygen atoms in total. The number of aromatic hydroxyl groups is 1. The molecule has 12 heteroatoms. The maximum atomic E-state index is 13.0. The van der Waals surface area contributed by atoms with Crippen LogP contribution in [0.25, 0.3) is 10.2 Å². The quantitative estimate of drug-likeness (QED) is 0.245. The van der Waals surface area contributed by atoms with Crippen LogP contribution in [0, 0.1) is 6.92 Å². The van der Waals surface area contributed by atoms with Crippen LogP contribution in [0.1, 0.15) is 62.6 Å². The molecule has 6 rings (SSSR count). The number of aryl methyl sites for hydroxylation is 2. The molecule has 0 bridgehead atoms. The van der Waals surface area contributed by atoms with Gasteiger partial charge in [-0.3, -0.25) is 9.59 Å². The second-order valence-electron chi connectivity index (χ2n) is 11.3. The predicted molar refractivity (Wildman–Crippen MR) is 167 cm³/mol. The van der Waals surface area contributed by atoms with Crippen LogP contribution < -0.4 is 4.87 Å². The van der Waals surface area contributed by atoms with Crippen molar-refractivity contribution in [1.82, 2.24) is 19.8 Å². The fraction of sp³-hybridized carbons (Fsp3) is 0.500. The van der Waals surface area contributed by atoms with Gasteiger partial charge in [0.1, 0.15) is 17.0 Å². The fourth-order valence-electron chi connectivity index (χ4n) is 6.01. The van der Waals surface area contributed by atoms with Crippen LogP contribution in [0.4, 0.5) is 0 Å². The zero-order chi connectivity index (χ0) is 29.3. The average Bonchev–Trinajstić information content (AvgIpc) is 3.73. The number of phenolic OH excluding ortho intramolecular Hbond substituents is 1. The molecule has 224 valence electrons. The second-order valence-corrected chi connectivity index (χ2v) is 14.6. The summed E-state index contributed by atoms with van der Waals surface area (Å²) >= 11 is 4.38. The molecule has 0 unspecified atom stereocenters. The Balaban J connectivity index is 0.944. The third kappa shape index (κ3) is 6.48. The Morgan fingerprint density at radius 1 is 1.14 bits per heavy atom. The van der Waals surface area contributed by atoms with Gasteiger partial charge < -0.3 is 29.7 Å². The van der Waals surface area contributed by atoms with Crippen molar-refractivity contribution in [3.63, 3.8) is 0 Å². The highest BCUT2D eigenvalue weighted by Crippen LogP contribution is 2.34. The van der Waals surface area contributed by atoms with E-state index in [9.17, 15) is 19.8 Å². The topological polar surface area (TPSA) is 119 Å². The molecule has 2 aliphatic heterocycles. The van der Waals surface area contributed by atoms with Gasteiger partial charge in [0.25, 0.3) is 5.91 Å². The first kappa shape index (κ1) is 29.5. The molecule has 1 atom stereocenters. The SMILES string of the molecule is Cc1nc(C(=O)N2CCOC3(CCN(CCc4ccc(CCC[C@H](O)c5ccc(O)c6[nH]c(=O)sc56)s4)CC3)C2)cs1. The first-order chi connectivity index (χ1) is 20.3. The fourth-order valence-corrected chi connectivity index (χ4v) is 8.57. The summed E-state index contributed by atoms with van der Waals surface area (Å²) in [6.07, 6.45) is 4.49. The molecule has 0 saturated carbocycles. The Morgan fingerprint density at radius 3 is 2.69 bits per heavy atom. The number of hydrogen-bond donors (Lipinski definition) is 3. The number of rotatable bonds is 9. The smallest absolute Gasteiger partial charge is 0.305 e. The van der Waals surface area contributed by atoms with Gasteiger partial charge in [-0.15, -0.1) is 22.7 Å². The molecule has 42 heavy (non-hydrogen) atoms. The van der Waals surface area contributed by atoms with Crippen molar-refractivity contribution in [3.05, 3.63) is 65.3 Å². The van der Waals surface area contributed by atoms with Crippen molar-refractivity contribution >= 4 is 50.1 Å². The molecule has 2 saturated heterocycles. The minimum Gasteiger partial charge on any atom is -0.506 e. The Bertz CT molecular complexity index is 1600. The van der Waals surface area contributed by atoms with Gasteiger partial charge in [0, 0.05) is 46.9 Å². The number of nitrogens with one attached hydrogen (secondary N) is 1. The van der Waals surface area contributed by atoms with E-state index in [2.05, 4.69) is 27.0 Å². The van der Waals surface area contributed by atoms with Crippen molar-refractivity contribution < 1.29 is 19.7 Å². The van der Waals surface area contributed by atoms with Gasteiger partial charge in [0.2, 0.25) is 0 Å². The predicted octanol–water partition coefficient (Wildman–Crippen LogP) is 4.73. The lowest BCUT2D eigenvalue weighted by Gasteiger charge is -2.47. The lowest BCUT2D eigenvalue weighted by Crippen LogP contribution is -2.58. The number of aromatic nitrogens is 2. The number of carbonyl (C=O) groups is 1. The van der Waals surface area contributed by atoms with E-state index in [1.165, 1.54) is 27.2 Å². The minimum absolute atomic E-state index is 0.0177. The van der Waals surface area contributed by atoms with E-state index in [-0.39, 0.29) is 22.1 Å². The van der Waals surface area contributed by atoms with E-state index in [1.807, 2.05) is 28.5 Å². The summed E-state index contributed by atoms with van der Waals surface area (Å²) in [5.74, 6) is 0.0432. The van der Waals surface area contributed by atoms with Gasteiger partial charge in [0.15, 0.2) is 0 Å². The van der Waals surface area contributed by atoms with E-state index in [0.29, 0.717) is 47.6 Å². The van der Waals surface area contributed by atoms with Crippen LogP contribution in [0.3, 0.4) is 0 Å². The molecule has 2 fully saturated rings. The average molecular weight is 629 g/mol. The molecule has 0 radical (unpaired) electrons. The molecule has 4 aromatic rings. The number of benzene rings is 1. The molecule has 2 aliphatic rings. The number of aliphatic hydroxyl groups is 1. The molecule has 1 spiro atoms. The van der Waals surface area contributed by atoms with Crippen molar-refractivity contribution in [1.29, 1.82) is 0 Å². The monoisotopic (exact) mass is 628 g/mol. The zero-order valence-electron chi connectivity index (χ0n) is 23.6. The maximum Gasteiger partial charge on any atom is 0.305 e. The standard InChI is InChI=1S/C30H36N4O5S3/c1-19-31-23(17-40-19)28(37)34-15-16-39-30(18-34)10-13-33(14-11-30)12-9-21-6-5-20(41-21)3-2-4-24(35)22-7-8-25(36)26-27(22)42-29(38)32-26/h5-8,17,24,35-36H,2-4,9-16,18H2,1H3,(H,32,38)/t24-/m0/s1. The van der Waals surface area contributed by atoms with Gasteiger partial charge in [-0.2, -0.15) is 0 Å². The number of thiophene rings is 1. The minimum atomic E-state index is -0.684. The lowest BCUT2D eigenvalue weighted by molar-refractivity contribution is -0.127. The summed E-state index contributed by atoms with van der Waals surface area (Å²) in [6, 6.07) is 7.65. The highest BCUT2D eigenvalue weighted by atomic mass is 32.1. The molecule has 0 aliphatic carbocycles. The maximum absolute atomic E-state index is 13.0. The number of piperidine rings is 1. The number of carbonyl (C=O) groups excluding carboxylic acids is 1. The Hall–Kier alpha value is -2.61. The van der Waals surface area contributed by atoms with Gasteiger partial charge in [-0.25, -0.2) is 4.98 Å².